The van der Waals surface area contributed by atoms with Crippen LogP contribution in [0.3, 0.4) is 0 Å². The molecule has 0 bridgehead atoms. The third-order valence-corrected chi connectivity index (χ3v) is 4.88. The van der Waals surface area contributed by atoms with Gasteiger partial charge in [0.05, 0.1) is 17.8 Å². The Balaban J connectivity index is 1.89. The summed E-state index contributed by atoms with van der Waals surface area (Å²) in [6.07, 6.45) is 1.64. The van der Waals surface area contributed by atoms with E-state index >= 15 is 0 Å². The Morgan fingerprint density at radius 2 is 2.04 bits per heavy atom. The Hall–Kier alpha value is -1.33. The summed E-state index contributed by atoms with van der Waals surface area (Å²) in [6, 6.07) is 5.21. The summed E-state index contributed by atoms with van der Waals surface area (Å²) >= 11 is 0. The Morgan fingerprint density at radius 1 is 1.29 bits per heavy atom. The Kier molecular flexibility index (Phi) is 6.47. The molecule has 1 fully saturated rings. The van der Waals surface area contributed by atoms with E-state index in [9.17, 15) is 23.4 Å². The molecule has 0 spiro atoms. The van der Waals surface area contributed by atoms with E-state index in [4.69, 9.17) is 0 Å². The fraction of sp³-hybridized carbons (Fsp3) is 0.579. The third kappa shape index (κ3) is 5.08. The molecule has 1 aromatic rings. The van der Waals surface area contributed by atoms with Crippen LogP contribution in [0, 0.1) is 11.8 Å². The molecule has 1 saturated carbocycles. The molecule has 2 nitrogen and oxygen atoms in total. The average Bonchev–Trinajstić information content (AvgIpc) is 2.90. The van der Waals surface area contributed by atoms with Gasteiger partial charge in [-0.25, -0.2) is 0 Å². The molecule has 0 amide bonds. The van der Waals surface area contributed by atoms with Gasteiger partial charge in [0.15, 0.2) is 0 Å². The van der Waals surface area contributed by atoms with Crippen molar-refractivity contribution in [1.82, 2.24) is 0 Å². The molecule has 1 aliphatic rings. The van der Waals surface area contributed by atoms with E-state index in [-0.39, 0.29) is 12.0 Å². The molecule has 2 N–H and O–H groups in total. The highest BCUT2D eigenvalue weighted by Crippen LogP contribution is 2.35. The van der Waals surface area contributed by atoms with Crippen LogP contribution in [-0.2, 0) is 12.6 Å². The van der Waals surface area contributed by atoms with Gasteiger partial charge < -0.3 is 10.2 Å². The molecule has 2 rings (SSSR count). The number of hydrogen-bond acceptors (Lipinski definition) is 2. The molecule has 1 aliphatic carbocycles. The van der Waals surface area contributed by atoms with Crippen LogP contribution >= 0.6 is 0 Å². The second kappa shape index (κ2) is 8.17. The van der Waals surface area contributed by atoms with Gasteiger partial charge >= 0.3 is 6.18 Å². The molecule has 0 saturated heterocycles. The predicted molar refractivity (Wildman–Crippen MR) is 87.4 cm³/mol. The maximum atomic E-state index is 12.7. The van der Waals surface area contributed by atoms with Crippen LogP contribution in [-0.4, -0.2) is 22.4 Å². The lowest BCUT2D eigenvalue weighted by molar-refractivity contribution is -0.137. The Labute approximate surface area is 141 Å². The van der Waals surface area contributed by atoms with Gasteiger partial charge in [-0.05, 0) is 43.2 Å². The minimum Gasteiger partial charge on any atom is -0.393 e. The maximum Gasteiger partial charge on any atom is 0.416 e. The lowest BCUT2D eigenvalue weighted by atomic mass is 9.91. The van der Waals surface area contributed by atoms with Gasteiger partial charge in [-0.15, -0.1) is 0 Å². The first-order valence-corrected chi connectivity index (χ1v) is 8.52. The van der Waals surface area contributed by atoms with Crippen LogP contribution in [0.5, 0.6) is 0 Å². The smallest absolute Gasteiger partial charge is 0.393 e. The zero-order chi connectivity index (χ0) is 17.7. The van der Waals surface area contributed by atoms with Crippen molar-refractivity contribution < 1.29 is 23.4 Å². The van der Waals surface area contributed by atoms with E-state index in [2.05, 4.69) is 6.92 Å². The molecular weight excluding hydrogens is 317 g/mol. The Bertz CT molecular complexity index is 554. The molecule has 1 aromatic carbocycles. The first-order chi connectivity index (χ1) is 11.3. The third-order valence-electron chi connectivity index (χ3n) is 4.88. The zero-order valence-electron chi connectivity index (χ0n) is 13.8. The number of alkyl halides is 3. The Morgan fingerprint density at radius 3 is 2.71 bits per heavy atom. The standard InChI is InChI=1S/C19H25F3O2/c1-2-14-7-11-18(24)17(14)10-9-16(23)8-6-13-4-3-5-15(12-13)19(20,21)22/h3-5,9-10,12,14,16-18,23-24H,2,6-8,11H2,1H3/b10-9+/t14-,16-,17+,18+/m0/s1. The summed E-state index contributed by atoms with van der Waals surface area (Å²) in [4.78, 5) is 0. The van der Waals surface area contributed by atoms with Crippen molar-refractivity contribution in [1.29, 1.82) is 0 Å². The first kappa shape index (κ1) is 19.0. The topological polar surface area (TPSA) is 40.5 Å². The van der Waals surface area contributed by atoms with Gasteiger partial charge in [-0.1, -0.05) is 43.7 Å². The van der Waals surface area contributed by atoms with Crippen molar-refractivity contribution in [2.75, 3.05) is 0 Å². The maximum absolute atomic E-state index is 12.7. The van der Waals surface area contributed by atoms with Crippen LogP contribution in [0.1, 0.15) is 43.7 Å². The van der Waals surface area contributed by atoms with E-state index in [1.807, 2.05) is 6.08 Å². The fourth-order valence-corrected chi connectivity index (χ4v) is 3.42. The number of aliphatic hydroxyl groups excluding tert-OH is 2. The highest BCUT2D eigenvalue weighted by atomic mass is 19.4. The first-order valence-electron chi connectivity index (χ1n) is 8.52. The SMILES string of the molecule is CC[C@H]1CC[C@@H](O)[C@@H]1/C=C/[C@@H](O)CCc1cccc(C(F)(F)F)c1. The number of halogens is 3. The number of aryl methyl sites for hydroxylation is 1. The summed E-state index contributed by atoms with van der Waals surface area (Å²) < 4.78 is 38.0. The van der Waals surface area contributed by atoms with E-state index in [0.29, 0.717) is 24.3 Å². The lowest BCUT2D eigenvalue weighted by Crippen LogP contribution is -2.17. The molecule has 134 valence electrons. The molecule has 0 unspecified atom stereocenters. The van der Waals surface area contributed by atoms with Crippen molar-refractivity contribution in [2.45, 2.75) is 57.4 Å². The van der Waals surface area contributed by atoms with E-state index in [1.165, 1.54) is 6.07 Å². The second-order valence-corrected chi connectivity index (χ2v) is 6.58. The normalized spacial score (nSPS) is 26.2. The molecule has 4 atom stereocenters. The molecule has 24 heavy (non-hydrogen) atoms. The lowest BCUT2D eigenvalue weighted by Gasteiger charge is -2.17. The highest BCUT2D eigenvalue weighted by molar-refractivity contribution is 5.25. The van der Waals surface area contributed by atoms with Crippen LogP contribution in [0.25, 0.3) is 0 Å². The largest absolute Gasteiger partial charge is 0.416 e. The number of aliphatic hydroxyl groups is 2. The van der Waals surface area contributed by atoms with Crippen molar-refractivity contribution in [3.8, 4) is 0 Å². The van der Waals surface area contributed by atoms with E-state index < -0.39 is 17.8 Å². The summed E-state index contributed by atoms with van der Waals surface area (Å²) in [5.74, 6) is 0.505. The van der Waals surface area contributed by atoms with Gasteiger partial charge in [0.25, 0.3) is 0 Å². The van der Waals surface area contributed by atoms with Gasteiger partial charge in [0.2, 0.25) is 0 Å². The van der Waals surface area contributed by atoms with E-state index in [0.717, 1.165) is 31.4 Å². The molecule has 0 radical (unpaired) electrons. The van der Waals surface area contributed by atoms with Crippen LogP contribution < -0.4 is 0 Å². The van der Waals surface area contributed by atoms with Gasteiger partial charge in [-0.2, -0.15) is 13.2 Å². The quantitative estimate of drug-likeness (QED) is 0.755. The highest BCUT2D eigenvalue weighted by Gasteiger charge is 2.32. The molecular formula is C19H25F3O2. The van der Waals surface area contributed by atoms with Crippen molar-refractivity contribution in [3.63, 3.8) is 0 Å². The predicted octanol–water partition coefficient (Wildman–Crippen LogP) is 4.35. The van der Waals surface area contributed by atoms with Crippen LogP contribution in [0.4, 0.5) is 13.2 Å². The minimum absolute atomic E-state index is 0.0678. The monoisotopic (exact) mass is 342 g/mol. The fourth-order valence-electron chi connectivity index (χ4n) is 3.42. The van der Waals surface area contributed by atoms with Gasteiger partial charge in [0.1, 0.15) is 0 Å². The van der Waals surface area contributed by atoms with Crippen LogP contribution in [0.15, 0.2) is 36.4 Å². The zero-order valence-corrected chi connectivity index (χ0v) is 13.8. The number of benzene rings is 1. The minimum atomic E-state index is -4.34. The van der Waals surface area contributed by atoms with Crippen molar-refractivity contribution in [2.24, 2.45) is 11.8 Å². The van der Waals surface area contributed by atoms with Crippen molar-refractivity contribution >= 4 is 0 Å². The molecule has 0 aliphatic heterocycles. The van der Waals surface area contributed by atoms with Crippen molar-refractivity contribution in [3.05, 3.63) is 47.5 Å². The average molecular weight is 342 g/mol. The number of hydrogen-bond donors (Lipinski definition) is 2. The second-order valence-electron chi connectivity index (χ2n) is 6.58. The summed E-state index contributed by atoms with van der Waals surface area (Å²) in [7, 11) is 0. The number of rotatable bonds is 6. The van der Waals surface area contributed by atoms with Crippen LogP contribution in [0.2, 0.25) is 0 Å². The summed E-state index contributed by atoms with van der Waals surface area (Å²) in [5, 5.41) is 20.0. The molecule has 5 heteroatoms. The van der Waals surface area contributed by atoms with Gasteiger partial charge in [0, 0.05) is 5.92 Å². The summed E-state index contributed by atoms with van der Waals surface area (Å²) in [6.45, 7) is 2.09. The van der Waals surface area contributed by atoms with E-state index in [1.54, 1.807) is 12.1 Å². The molecule has 0 heterocycles. The van der Waals surface area contributed by atoms with Gasteiger partial charge in [-0.3, -0.25) is 0 Å². The summed E-state index contributed by atoms with van der Waals surface area (Å²) in [5.41, 5.74) is -0.102. The molecule has 0 aromatic heterocycles.